The molecular formula is C14H14BrNO. The Kier molecular flexibility index (Phi) is 3.82. The number of rotatable bonds is 3. The minimum absolute atomic E-state index is 0.152. The lowest BCUT2D eigenvalue weighted by Crippen LogP contribution is -2.12. The maximum absolute atomic E-state index is 6.26. The van der Waals surface area contributed by atoms with E-state index < -0.39 is 0 Å². The summed E-state index contributed by atoms with van der Waals surface area (Å²) in [5, 5.41) is 0. The van der Waals surface area contributed by atoms with Crippen LogP contribution in [0.4, 0.5) is 0 Å². The normalized spacial score (nSPS) is 12.2. The first-order valence-electron chi connectivity index (χ1n) is 5.36. The van der Waals surface area contributed by atoms with Gasteiger partial charge in [0, 0.05) is 4.47 Å². The van der Waals surface area contributed by atoms with Crippen LogP contribution in [-0.2, 0) is 0 Å². The first kappa shape index (κ1) is 12.1. The minimum Gasteiger partial charge on any atom is -0.497 e. The molecule has 0 amide bonds. The first-order chi connectivity index (χ1) is 8.22. The van der Waals surface area contributed by atoms with Gasteiger partial charge < -0.3 is 10.5 Å². The Morgan fingerprint density at radius 1 is 1.12 bits per heavy atom. The first-order valence-corrected chi connectivity index (χ1v) is 6.15. The van der Waals surface area contributed by atoms with Crippen LogP contribution in [0.1, 0.15) is 17.2 Å². The van der Waals surface area contributed by atoms with Crippen LogP contribution < -0.4 is 10.5 Å². The number of hydrogen-bond acceptors (Lipinski definition) is 2. The molecular weight excluding hydrogens is 278 g/mol. The van der Waals surface area contributed by atoms with Crippen molar-refractivity contribution < 1.29 is 4.74 Å². The average molecular weight is 292 g/mol. The third kappa shape index (κ3) is 2.68. The molecule has 0 aliphatic rings. The molecule has 0 saturated heterocycles. The Labute approximate surface area is 110 Å². The predicted octanol–water partition coefficient (Wildman–Crippen LogP) is 3.51. The predicted molar refractivity (Wildman–Crippen MR) is 73.2 cm³/mol. The Hall–Kier alpha value is -1.32. The van der Waals surface area contributed by atoms with Crippen molar-refractivity contribution in [2.45, 2.75) is 6.04 Å². The summed E-state index contributed by atoms with van der Waals surface area (Å²) < 4.78 is 6.21. The van der Waals surface area contributed by atoms with Gasteiger partial charge in [0.25, 0.3) is 0 Å². The van der Waals surface area contributed by atoms with E-state index in [0.717, 1.165) is 21.3 Å². The quantitative estimate of drug-likeness (QED) is 0.939. The van der Waals surface area contributed by atoms with Gasteiger partial charge in [-0.05, 0) is 29.3 Å². The number of hydrogen-bond donors (Lipinski definition) is 1. The molecule has 0 aromatic heterocycles. The molecule has 2 N–H and O–H groups in total. The highest BCUT2D eigenvalue weighted by molar-refractivity contribution is 9.10. The van der Waals surface area contributed by atoms with Crippen LogP contribution in [0, 0.1) is 0 Å². The highest BCUT2D eigenvalue weighted by Gasteiger charge is 2.12. The molecule has 1 unspecified atom stereocenters. The van der Waals surface area contributed by atoms with Crippen molar-refractivity contribution in [3.05, 3.63) is 64.1 Å². The molecule has 0 radical (unpaired) electrons. The molecule has 0 aliphatic carbocycles. The summed E-state index contributed by atoms with van der Waals surface area (Å²) in [5.74, 6) is 0.814. The summed E-state index contributed by atoms with van der Waals surface area (Å²) in [7, 11) is 1.65. The number of benzene rings is 2. The molecule has 2 rings (SSSR count). The van der Waals surface area contributed by atoms with Gasteiger partial charge in [-0.15, -0.1) is 0 Å². The van der Waals surface area contributed by atoms with E-state index in [0.29, 0.717) is 0 Å². The second-order valence-corrected chi connectivity index (χ2v) is 4.63. The molecule has 0 bridgehead atoms. The van der Waals surface area contributed by atoms with Gasteiger partial charge in [0.1, 0.15) is 5.75 Å². The van der Waals surface area contributed by atoms with Crippen LogP contribution in [0.3, 0.4) is 0 Å². The minimum atomic E-state index is -0.152. The summed E-state index contributed by atoms with van der Waals surface area (Å²) in [4.78, 5) is 0. The lowest BCUT2D eigenvalue weighted by atomic mass is 9.99. The van der Waals surface area contributed by atoms with Crippen molar-refractivity contribution in [2.75, 3.05) is 7.11 Å². The summed E-state index contributed by atoms with van der Waals surface area (Å²) >= 11 is 3.52. The zero-order valence-corrected chi connectivity index (χ0v) is 11.1. The van der Waals surface area contributed by atoms with Gasteiger partial charge in [-0.25, -0.2) is 0 Å². The highest BCUT2D eigenvalue weighted by Crippen LogP contribution is 2.29. The second-order valence-electron chi connectivity index (χ2n) is 3.78. The third-order valence-corrected chi connectivity index (χ3v) is 3.42. The summed E-state index contributed by atoms with van der Waals surface area (Å²) in [6.07, 6.45) is 0. The van der Waals surface area contributed by atoms with Crippen LogP contribution in [0.15, 0.2) is 53.0 Å². The van der Waals surface area contributed by atoms with Crippen molar-refractivity contribution in [1.82, 2.24) is 0 Å². The topological polar surface area (TPSA) is 35.2 Å². The number of methoxy groups -OCH3 is 1. The third-order valence-electron chi connectivity index (χ3n) is 2.70. The van der Waals surface area contributed by atoms with Gasteiger partial charge in [-0.1, -0.05) is 46.3 Å². The lowest BCUT2D eigenvalue weighted by Gasteiger charge is -2.15. The molecule has 2 nitrogen and oxygen atoms in total. The Bertz CT molecular complexity index is 499. The average Bonchev–Trinajstić information content (AvgIpc) is 2.39. The van der Waals surface area contributed by atoms with Crippen molar-refractivity contribution in [3.8, 4) is 5.75 Å². The molecule has 0 spiro atoms. The fourth-order valence-corrected chi connectivity index (χ4v) is 2.22. The molecule has 2 aromatic carbocycles. The van der Waals surface area contributed by atoms with Crippen LogP contribution in [0.2, 0.25) is 0 Å². The van der Waals surface area contributed by atoms with E-state index in [1.54, 1.807) is 7.11 Å². The lowest BCUT2D eigenvalue weighted by molar-refractivity contribution is 0.414. The van der Waals surface area contributed by atoms with Gasteiger partial charge in [-0.3, -0.25) is 0 Å². The Balaban J connectivity index is 2.40. The Morgan fingerprint density at radius 3 is 2.47 bits per heavy atom. The fourth-order valence-electron chi connectivity index (χ4n) is 1.73. The summed E-state index contributed by atoms with van der Waals surface area (Å²) in [6.45, 7) is 0. The van der Waals surface area contributed by atoms with Crippen molar-refractivity contribution in [3.63, 3.8) is 0 Å². The van der Waals surface area contributed by atoms with E-state index in [1.165, 1.54) is 0 Å². The zero-order chi connectivity index (χ0) is 12.3. The van der Waals surface area contributed by atoms with E-state index in [-0.39, 0.29) is 6.04 Å². The van der Waals surface area contributed by atoms with Crippen LogP contribution in [0.25, 0.3) is 0 Å². The monoisotopic (exact) mass is 291 g/mol. The molecule has 0 fully saturated rings. The van der Waals surface area contributed by atoms with Crippen molar-refractivity contribution in [1.29, 1.82) is 0 Å². The number of nitrogens with two attached hydrogens (primary N) is 1. The smallest absolute Gasteiger partial charge is 0.119 e. The maximum atomic E-state index is 6.26. The molecule has 0 heterocycles. The van der Waals surface area contributed by atoms with Gasteiger partial charge in [-0.2, -0.15) is 0 Å². The summed E-state index contributed by atoms with van der Waals surface area (Å²) in [5.41, 5.74) is 8.36. The number of ether oxygens (including phenoxy) is 1. The van der Waals surface area contributed by atoms with Crippen LogP contribution in [-0.4, -0.2) is 7.11 Å². The maximum Gasteiger partial charge on any atom is 0.119 e. The second kappa shape index (κ2) is 5.34. The molecule has 88 valence electrons. The van der Waals surface area contributed by atoms with E-state index in [4.69, 9.17) is 10.5 Å². The van der Waals surface area contributed by atoms with E-state index in [1.807, 2.05) is 48.5 Å². The Morgan fingerprint density at radius 2 is 1.82 bits per heavy atom. The molecule has 1 atom stereocenters. The van der Waals surface area contributed by atoms with Gasteiger partial charge >= 0.3 is 0 Å². The molecule has 17 heavy (non-hydrogen) atoms. The fraction of sp³-hybridized carbons (Fsp3) is 0.143. The van der Waals surface area contributed by atoms with Crippen molar-refractivity contribution >= 4 is 15.9 Å². The zero-order valence-electron chi connectivity index (χ0n) is 9.56. The van der Waals surface area contributed by atoms with Gasteiger partial charge in [0.15, 0.2) is 0 Å². The van der Waals surface area contributed by atoms with Gasteiger partial charge in [0.2, 0.25) is 0 Å². The highest BCUT2D eigenvalue weighted by atomic mass is 79.9. The van der Waals surface area contributed by atoms with E-state index in [9.17, 15) is 0 Å². The molecule has 0 saturated carbocycles. The SMILES string of the molecule is COc1ccc(Br)c(C(N)c2ccccc2)c1. The largest absolute Gasteiger partial charge is 0.497 e. The standard InChI is InChI=1S/C14H14BrNO/c1-17-11-7-8-13(15)12(9-11)14(16)10-5-3-2-4-6-10/h2-9,14H,16H2,1H3. The number of halogens is 1. The van der Waals surface area contributed by atoms with Crippen LogP contribution in [0.5, 0.6) is 5.75 Å². The van der Waals surface area contributed by atoms with E-state index >= 15 is 0 Å². The van der Waals surface area contributed by atoms with Crippen LogP contribution >= 0.6 is 15.9 Å². The molecule has 3 heteroatoms. The summed E-state index contributed by atoms with van der Waals surface area (Å²) in [6, 6.07) is 15.7. The van der Waals surface area contributed by atoms with Crippen molar-refractivity contribution in [2.24, 2.45) is 5.73 Å². The molecule has 0 aliphatic heterocycles. The molecule has 2 aromatic rings. The van der Waals surface area contributed by atoms with E-state index in [2.05, 4.69) is 15.9 Å². The van der Waals surface area contributed by atoms with Gasteiger partial charge in [0.05, 0.1) is 13.2 Å².